The number of nitrogens with one attached hydrogen (secondary N) is 3. The zero-order chi connectivity index (χ0) is 27.4. The van der Waals surface area contributed by atoms with Crippen LogP contribution in [0.1, 0.15) is 64.5 Å². The number of hydrogen-bond donors (Lipinski definition) is 3. The zero-order valence-corrected chi connectivity index (χ0v) is 23.9. The molecule has 3 aromatic rings. The molecular weight excluding hydrogens is 500 g/mol. The number of thioether (sulfide) groups is 1. The first-order valence-corrected chi connectivity index (χ1v) is 14.2. The lowest BCUT2D eigenvalue weighted by Gasteiger charge is -2.34. The fraction of sp³-hybridized carbons (Fsp3) is 0.519. The van der Waals surface area contributed by atoms with Crippen molar-refractivity contribution in [2.75, 3.05) is 30.0 Å². The highest BCUT2D eigenvalue weighted by molar-refractivity contribution is 7.98. The summed E-state index contributed by atoms with van der Waals surface area (Å²) in [5.74, 6) is 1.29. The second-order valence-corrected chi connectivity index (χ2v) is 11.7. The normalized spacial score (nSPS) is 16.1. The van der Waals surface area contributed by atoms with Crippen LogP contribution in [0.4, 0.5) is 16.4 Å². The van der Waals surface area contributed by atoms with E-state index < -0.39 is 5.60 Å². The Labute approximate surface area is 228 Å². The number of ether oxygens (including phenoxy) is 1. The molecule has 3 N–H and O–H groups in total. The number of rotatable bonds is 7. The molecule has 2 aromatic heterocycles. The highest BCUT2D eigenvalue weighted by Crippen LogP contribution is 2.24. The average Bonchev–Trinajstić information content (AvgIpc) is 3.31. The number of carbonyl (C=O) groups excluding carboxylic acids is 1. The van der Waals surface area contributed by atoms with Crippen LogP contribution in [0.15, 0.2) is 35.6 Å². The summed E-state index contributed by atoms with van der Waals surface area (Å²) in [6.07, 6.45) is 5.20. The number of fused-ring (bicyclic) bond motifs is 1. The molecular formula is C27H38N8O2S. The number of amidine groups is 1. The van der Waals surface area contributed by atoms with E-state index >= 15 is 0 Å². The van der Waals surface area contributed by atoms with E-state index in [0.29, 0.717) is 42.5 Å². The second-order valence-electron chi connectivity index (χ2n) is 10.9. The Balaban J connectivity index is 1.41. The van der Waals surface area contributed by atoms with Gasteiger partial charge in [-0.3, -0.25) is 5.41 Å². The minimum Gasteiger partial charge on any atom is -0.444 e. The average molecular weight is 539 g/mol. The maximum Gasteiger partial charge on any atom is 0.410 e. The summed E-state index contributed by atoms with van der Waals surface area (Å²) >= 11 is 1.50. The van der Waals surface area contributed by atoms with Gasteiger partial charge >= 0.3 is 6.09 Å². The van der Waals surface area contributed by atoms with Gasteiger partial charge in [-0.15, -0.1) is 0 Å². The minimum absolute atomic E-state index is 0.0627. The van der Waals surface area contributed by atoms with Gasteiger partial charge in [-0.25, -0.2) is 9.78 Å². The third-order valence-corrected chi connectivity index (χ3v) is 6.87. The third kappa shape index (κ3) is 6.75. The van der Waals surface area contributed by atoms with Gasteiger partial charge < -0.3 is 20.3 Å². The number of anilines is 2. The SMILES string of the molecule is CSc1nc(NCc2cccc(NC(=N)C3CCCN(C(=O)OC(C)(C)C)C3)c2)n2ncc(C(C)C)c2n1. The fourth-order valence-corrected chi connectivity index (χ4v) is 4.75. The van der Waals surface area contributed by atoms with Crippen LogP contribution in [0.5, 0.6) is 0 Å². The number of amides is 1. The first-order valence-electron chi connectivity index (χ1n) is 13.0. The lowest BCUT2D eigenvalue weighted by molar-refractivity contribution is 0.0194. The van der Waals surface area contributed by atoms with Crippen molar-refractivity contribution in [2.24, 2.45) is 5.92 Å². The van der Waals surface area contributed by atoms with Crippen LogP contribution in [0.2, 0.25) is 0 Å². The summed E-state index contributed by atoms with van der Waals surface area (Å²) in [6.45, 7) is 11.5. The summed E-state index contributed by atoms with van der Waals surface area (Å²) in [7, 11) is 0. The van der Waals surface area contributed by atoms with Crippen LogP contribution >= 0.6 is 11.8 Å². The third-order valence-electron chi connectivity index (χ3n) is 6.32. The number of carbonyl (C=O) groups is 1. The maximum atomic E-state index is 12.5. The van der Waals surface area contributed by atoms with Crippen LogP contribution in [0.3, 0.4) is 0 Å². The summed E-state index contributed by atoms with van der Waals surface area (Å²) in [5, 5.41) is 20.5. The lowest BCUT2D eigenvalue weighted by Crippen LogP contribution is -2.45. The molecule has 0 spiro atoms. The number of aromatic nitrogens is 4. The van der Waals surface area contributed by atoms with Crippen molar-refractivity contribution in [2.45, 2.75) is 70.7 Å². The molecule has 0 aliphatic carbocycles. The zero-order valence-electron chi connectivity index (χ0n) is 23.0. The largest absolute Gasteiger partial charge is 0.444 e. The van der Waals surface area contributed by atoms with Gasteiger partial charge in [0.2, 0.25) is 5.95 Å². The Morgan fingerprint density at radius 1 is 1.29 bits per heavy atom. The van der Waals surface area contributed by atoms with E-state index in [1.165, 1.54) is 11.8 Å². The summed E-state index contributed by atoms with van der Waals surface area (Å²) in [5.41, 5.74) is 3.24. The van der Waals surface area contributed by atoms with E-state index in [1.807, 2.05) is 57.5 Å². The van der Waals surface area contributed by atoms with Gasteiger partial charge in [0.25, 0.3) is 0 Å². The van der Waals surface area contributed by atoms with E-state index in [9.17, 15) is 4.79 Å². The lowest BCUT2D eigenvalue weighted by atomic mass is 9.97. The van der Waals surface area contributed by atoms with Gasteiger partial charge in [-0.05, 0) is 63.5 Å². The Kier molecular flexibility index (Phi) is 8.44. The van der Waals surface area contributed by atoms with Gasteiger partial charge in [-0.1, -0.05) is 37.7 Å². The van der Waals surface area contributed by atoms with Crippen molar-refractivity contribution in [1.29, 1.82) is 5.41 Å². The standard InChI is InChI=1S/C27H38N8O2S/c1-17(2)21-15-30-35-23(21)32-25(38-6)33-24(35)29-14-18-9-7-11-20(13-18)31-22(28)19-10-8-12-34(16-19)26(36)37-27(3,4)5/h7,9,11,13,15,17,19H,8,10,12,14,16H2,1-6H3,(H2,28,31)(H,29,32,33). The fourth-order valence-electron chi connectivity index (χ4n) is 4.39. The van der Waals surface area contributed by atoms with Gasteiger partial charge in [0.1, 0.15) is 11.4 Å². The quantitative estimate of drug-likeness (QED) is 0.201. The highest BCUT2D eigenvalue weighted by Gasteiger charge is 2.29. The molecule has 1 aliphatic rings. The molecule has 38 heavy (non-hydrogen) atoms. The molecule has 1 atom stereocenters. The van der Waals surface area contributed by atoms with Crippen molar-refractivity contribution < 1.29 is 9.53 Å². The van der Waals surface area contributed by atoms with Gasteiger partial charge in [0, 0.05) is 36.8 Å². The van der Waals surface area contributed by atoms with Crippen LogP contribution < -0.4 is 10.6 Å². The molecule has 1 unspecified atom stereocenters. The summed E-state index contributed by atoms with van der Waals surface area (Å²) < 4.78 is 7.29. The molecule has 3 heterocycles. The molecule has 0 bridgehead atoms. The minimum atomic E-state index is -0.535. The molecule has 11 heteroatoms. The van der Waals surface area contributed by atoms with E-state index in [2.05, 4.69) is 39.5 Å². The maximum absolute atomic E-state index is 12.5. The number of piperidine rings is 1. The molecule has 1 fully saturated rings. The molecule has 0 saturated carbocycles. The monoisotopic (exact) mass is 538 g/mol. The summed E-state index contributed by atoms with van der Waals surface area (Å²) in [4.78, 5) is 23.5. The van der Waals surface area contributed by atoms with Crippen LogP contribution in [-0.4, -0.2) is 61.4 Å². The van der Waals surface area contributed by atoms with Crippen LogP contribution in [0.25, 0.3) is 5.65 Å². The van der Waals surface area contributed by atoms with Crippen molar-refractivity contribution in [3.63, 3.8) is 0 Å². The summed E-state index contributed by atoms with van der Waals surface area (Å²) in [6, 6.07) is 7.97. The van der Waals surface area contributed by atoms with E-state index in [0.717, 1.165) is 35.3 Å². The molecule has 1 saturated heterocycles. The predicted molar refractivity (Wildman–Crippen MR) is 152 cm³/mol. The molecule has 1 aromatic carbocycles. The first kappa shape index (κ1) is 27.7. The van der Waals surface area contributed by atoms with E-state index in [-0.39, 0.29) is 12.0 Å². The molecule has 204 valence electrons. The van der Waals surface area contributed by atoms with Gasteiger partial charge in [0.05, 0.1) is 6.20 Å². The Morgan fingerprint density at radius 3 is 2.79 bits per heavy atom. The highest BCUT2D eigenvalue weighted by atomic mass is 32.2. The van der Waals surface area contributed by atoms with Gasteiger partial charge in [0.15, 0.2) is 10.8 Å². The molecule has 1 amide bonds. The number of benzene rings is 1. The van der Waals surface area contributed by atoms with E-state index in [1.54, 1.807) is 9.42 Å². The molecule has 0 radical (unpaired) electrons. The van der Waals surface area contributed by atoms with Crippen LogP contribution in [0, 0.1) is 11.3 Å². The Hall–Kier alpha value is -3.34. The van der Waals surface area contributed by atoms with Crippen LogP contribution in [-0.2, 0) is 11.3 Å². The number of likely N-dealkylation sites (tertiary alicyclic amines) is 1. The molecule has 1 aliphatic heterocycles. The smallest absolute Gasteiger partial charge is 0.410 e. The van der Waals surface area contributed by atoms with Crippen molar-refractivity contribution >= 4 is 41.0 Å². The topological polar surface area (TPSA) is 121 Å². The number of nitrogens with zero attached hydrogens (tertiary/aromatic N) is 5. The predicted octanol–water partition coefficient (Wildman–Crippen LogP) is 5.62. The van der Waals surface area contributed by atoms with Crippen molar-refractivity contribution in [1.82, 2.24) is 24.5 Å². The van der Waals surface area contributed by atoms with Crippen molar-refractivity contribution in [3.8, 4) is 0 Å². The van der Waals surface area contributed by atoms with Gasteiger partial charge in [-0.2, -0.15) is 14.6 Å². The second kappa shape index (κ2) is 11.6. The molecule has 4 rings (SSSR count). The first-order chi connectivity index (χ1) is 18.0. The van der Waals surface area contributed by atoms with Crippen molar-refractivity contribution in [3.05, 3.63) is 41.6 Å². The van der Waals surface area contributed by atoms with E-state index in [4.69, 9.17) is 10.1 Å². The Bertz CT molecular complexity index is 1300. The Morgan fingerprint density at radius 2 is 2.08 bits per heavy atom. The number of hydrogen-bond acceptors (Lipinski definition) is 8. The molecule has 10 nitrogen and oxygen atoms in total.